The van der Waals surface area contributed by atoms with Crippen molar-refractivity contribution in [3.63, 3.8) is 0 Å². The summed E-state index contributed by atoms with van der Waals surface area (Å²) in [4.78, 5) is 0. The Kier molecular flexibility index (Phi) is 4.28. The number of rotatable bonds is 4. The molecule has 1 aromatic rings. The minimum Gasteiger partial charge on any atom is -0.405 e. The van der Waals surface area contributed by atoms with E-state index in [9.17, 15) is 22.0 Å². The average molecular weight is 255 g/mol. The number of hydrogen-bond donors (Lipinski definition) is 1. The number of ether oxygens (including phenoxy) is 1. The molecular weight excluding hydrogens is 245 g/mol. The van der Waals surface area contributed by atoms with Gasteiger partial charge in [0.25, 0.3) is 0 Å². The fourth-order valence-corrected chi connectivity index (χ4v) is 1.32. The molecule has 0 aliphatic carbocycles. The molecule has 0 radical (unpaired) electrons. The van der Waals surface area contributed by atoms with E-state index in [4.69, 9.17) is 5.73 Å². The van der Waals surface area contributed by atoms with Crippen molar-refractivity contribution in [1.82, 2.24) is 0 Å². The third-order valence-electron chi connectivity index (χ3n) is 1.98. The van der Waals surface area contributed by atoms with Crippen molar-refractivity contribution >= 4 is 0 Å². The summed E-state index contributed by atoms with van der Waals surface area (Å²) in [5.41, 5.74) is 5.30. The lowest BCUT2D eigenvalue weighted by molar-refractivity contribution is -0.275. The lowest BCUT2D eigenvalue weighted by Gasteiger charge is -2.17. The second-order valence-corrected chi connectivity index (χ2v) is 3.32. The van der Waals surface area contributed by atoms with Crippen molar-refractivity contribution in [3.8, 4) is 5.75 Å². The van der Waals surface area contributed by atoms with Crippen molar-refractivity contribution in [1.29, 1.82) is 0 Å². The maximum absolute atomic E-state index is 12.1. The predicted molar refractivity (Wildman–Crippen MR) is 50.7 cm³/mol. The molecule has 2 N–H and O–H groups in total. The molecule has 0 spiro atoms. The van der Waals surface area contributed by atoms with Crippen LogP contribution >= 0.6 is 0 Å². The fourth-order valence-electron chi connectivity index (χ4n) is 1.32. The van der Waals surface area contributed by atoms with Crippen LogP contribution in [0.5, 0.6) is 5.75 Å². The molecule has 0 aliphatic rings. The lowest BCUT2D eigenvalue weighted by atomic mass is 10.0. The van der Waals surface area contributed by atoms with Gasteiger partial charge in [0, 0.05) is 18.0 Å². The molecule has 0 saturated heterocycles. The van der Waals surface area contributed by atoms with Gasteiger partial charge in [-0.2, -0.15) is 0 Å². The molecule has 2 nitrogen and oxygen atoms in total. The predicted octanol–water partition coefficient (Wildman–Crippen LogP) is 3.24. The van der Waals surface area contributed by atoms with E-state index < -0.39 is 31.0 Å². The molecule has 96 valence electrons. The minimum atomic E-state index is -4.87. The highest BCUT2D eigenvalue weighted by Crippen LogP contribution is 2.31. The first-order chi connectivity index (χ1) is 7.79. The Morgan fingerprint density at radius 1 is 1.18 bits per heavy atom. The molecule has 1 rings (SSSR count). The summed E-state index contributed by atoms with van der Waals surface area (Å²) >= 11 is 0. The van der Waals surface area contributed by atoms with Gasteiger partial charge >= 0.3 is 6.36 Å². The smallest absolute Gasteiger partial charge is 0.405 e. The number of benzene rings is 1. The van der Waals surface area contributed by atoms with Crippen LogP contribution in [-0.4, -0.2) is 12.8 Å². The van der Waals surface area contributed by atoms with Crippen molar-refractivity contribution in [2.45, 2.75) is 25.3 Å². The molecule has 1 aromatic carbocycles. The van der Waals surface area contributed by atoms with E-state index in [1.807, 2.05) is 0 Å². The van der Waals surface area contributed by atoms with Crippen LogP contribution in [0.25, 0.3) is 0 Å². The minimum absolute atomic E-state index is 0.0925. The first-order valence-corrected chi connectivity index (χ1v) is 4.68. The van der Waals surface area contributed by atoms with Crippen LogP contribution in [0.3, 0.4) is 0 Å². The molecule has 7 heteroatoms. The zero-order valence-electron chi connectivity index (χ0n) is 8.55. The molecule has 0 fully saturated rings. The van der Waals surface area contributed by atoms with E-state index in [0.717, 1.165) is 6.07 Å². The largest absolute Gasteiger partial charge is 0.573 e. The Hall–Kier alpha value is -1.37. The van der Waals surface area contributed by atoms with Gasteiger partial charge in [-0.25, -0.2) is 8.78 Å². The summed E-state index contributed by atoms with van der Waals surface area (Å²) in [5, 5.41) is 0. The zero-order valence-corrected chi connectivity index (χ0v) is 8.55. The standard InChI is InChI=1S/C10H10F5NO/c11-9(12)5-7(16)6-3-1-2-4-8(6)17-10(13,14)15/h1-4,7,9H,5,16H2/t7-/m0/s1. The first-order valence-electron chi connectivity index (χ1n) is 4.68. The van der Waals surface area contributed by atoms with E-state index in [-0.39, 0.29) is 5.56 Å². The van der Waals surface area contributed by atoms with Gasteiger partial charge in [-0.3, -0.25) is 0 Å². The van der Waals surface area contributed by atoms with Crippen LogP contribution in [0.1, 0.15) is 18.0 Å². The number of hydrogen-bond acceptors (Lipinski definition) is 2. The molecule has 0 saturated carbocycles. The molecule has 1 atom stereocenters. The molecule has 17 heavy (non-hydrogen) atoms. The Labute approximate surface area is 94.2 Å². The summed E-state index contributed by atoms with van der Waals surface area (Å²) in [6.07, 6.45) is -8.29. The van der Waals surface area contributed by atoms with Gasteiger partial charge in [0.05, 0.1) is 0 Å². The maximum Gasteiger partial charge on any atom is 0.573 e. The van der Waals surface area contributed by atoms with E-state index in [1.165, 1.54) is 18.2 Å². The van der Waals surface area contributed by atoms with Crippen molar-refractivity contribution in [3.05, 3.63) is 29.8 Å². The molecule has 0 heterocycles. The van der Waals surface area contributed by atoms with Gasteiger partial charge < -0.3 is 10.5 Å². The van der Waals surface area contributed by atoms with Crippen LogP contribution in [0.4, 0.5) is 22.0 Å². The summed E-state index contributed by atoms with van der Waals surface area (Å²) in [6, 6.07) is 3.78. The molecular formula is C10H10F5NO. The van der Waals surface area contributed by atoms with Crippen LogP contribution in [0.2, 0.25) is 0 Å². The van der Waals surface area contributed by atoms with Crippen LogP contribution in [-0.2, 0) is 0 Å². The van der Waals surface area contributed by atoms with Crippen molar-refractivity contribution in [2.24, 2.45) is 5.73 Å². The highest BCUT2D eigenvalue weighted by molar-refractivity contribution is 5.35. The van der Waals surface area contributed by atoms with Gasteiger partial charge in [0.1, 0.15) is 5.75 Å². The van der Waals surface area contributed by atoms with Gasteiger partial charge in [0.15, 0.2) is 0 Å². The molecule has 0 bridgehead atoms. The summed E-state index contributed by atoms with van der Waals surface area (Å²) in [7, 11) is 0. The highest BCUT2D eigenvalue weighted by Gasteiger charge is 2.32. The Morgan fingerprint density at radius 3 is 2.29 bits per heavy atom. The van der Waals surface area contributed by atoms with Crippen molar-refractivity contribution in [2.75, 3.05) is 0 Å². The quantitative estimate of drug-likeness (QED) is 0.838. The Bertz CT molecular complexity index is 366. The topological polar surface area (TPSA) is 35.2 Å². The van der Waals surface area contributed by atoms with Gasteiger partial charge in [-0.1, -0.05) is 18.2 Å². The number of alkyl halides is 5. The molecule has 0 unspecified atom stereocenters. The average Bonchev–Trinajstić information content (AvgIpc) is 2.14. The number of nitrogens with two attached hydrogens (primary N) is 1. The normalized spacial score (nSPS) is 13.8. The Balaban J connectivity index is 2.91. The number of para-hydroxylation sites is 1. The summed E-state index contributed by atoms with van der Waals surface area (Å²) < 4.78 is 64.0. The highest BCUT2D eigenvalue weighted by atomic mass is 19.4. The van der Waals surface area contributed by atoms with Gasteiger partial charge in [0.2, 0.25) is 6.43 Å². The Morgan fingerprint density at radius 2 is 1.76 bits per heavy atom. The summed E-state index contributed by atoms with van der Waals surface area (Å²) in [5.74, 6) is -0.548. The fraction of sp³-hybridized carbons (Fsp3) is 0.400. The van der Waals surface area contributed by atoms with Crippen LogP contribution in [0, 0.1) is 0 Å². The van der Waals surface area contributed by atoms with E-state index in [2.05, 4.69) is 4.74 Å². The van der Waals surface area contributed by atoms with Gasteiger partial charge in [-0.05, 0) is 6.07 Å². The maximum atomic E-state index is 12.1. The SMILES string of the molecule is N[C@@H](CC(F)F)c1ccccc1OC(F)(F)F. The van der Waals surface area contributed by atoms with Gasteiger partial charge in [-0.15, -0.1) is 13.2 Å². The second-order valence-electron chi connectivity index (χ2n) is 3.32. The summed E-state index contributed by atoms with van der Waals surface area (Å²) in [6.45, 7) is 0. The van der Waals surface area contributed by atoms with Crippen LogP contribution < -0.4 is 10.5 Å². The van der Waals surface area contributed by atoms with E-state index in [1.54, 1.807) is 0 Å². The molecule has 0 aliphatic heterocycles. The third kappa shape index (κ3) is 4.56. The third-order valence-corrected chi connectivity index (χ3v) is 1.98. The first kappa shape index (κ1) is 13.7. The second kappa shape index (κ2) is 5.31. The zero-order chi connectivity index (χ0) is 13.1. The lowest BCUT2D eigenvalue weighted by Crippen LogP contribution is -2.21. The van der Waals surface area contributed by atoms with E-state index >= 15 is 0 Å². The monoisotopic (exact) mass is 255 g/mol. The molecule has 0 aromatic heterocycles. The van der Waals surface area contributed by atoms with Crippen LogP contribution in [0.15, 0.2) is 24.3 Å². The van der Waals surface area contributed by atoms with Crippen molar-refractivity contribution < 1.29 is 26.7 Å². The number of halogens is 5. The molecule has 0 amide bonds. The van der Waals surface area contributed by atoms with E-state index in [0.29, 0.717) is 0 Å².